The Morgan fingerprint density at radius 1 is 1.14 bits per heavy atom. The molecule has 0 radical (unpaired) electrons. The van der Waals surface area contributed by atoms with Crippen molar-refractivity contribution in [1.82, 2.24) is 4.90 Å². The van der Waals surface area contributed by atoms with Crippen molar-refractivity contribution in [3.63, 3.8) is 0 Å². The number of thiophene rings is 1. The van der Waals surface area contributed by atoms with E-state index < -0.39 is 12.2 Å². The fraction of sp³-hybridized carbons (Fsp3) is 0.500. The van der Waals surface area contributed by atoms with Crippen LogP contribution in [0.15, 0.2) is 29.6 Å². The van der Waals surface area contributed by atoms with E-state index in [-0.39, 0.29) is 0 Å². The molecule has 1 aromatic heterocycles. The Balaban J connectivity index is 1.36. The topological polar surface area (TPSA) is 52.9 Å². The summed E-state index contributed by atoms with van der Waals surface area (Å²) in [5.74, 6) is 0. The van der Waals surface area contributed by atoms with Crippen molar-refractivity contribution < 1.29 is 14.9 Å². The van der Waals surface area contributed by atoms with Gasteiger partial charge in [0.15, 0.2) is 0 Å². The van der Waals surface area contributed by atoms with Crippen LogP contribution in [0, 0.1) is 0 Å². The molecular weight excluding hydrogens is 286 g/mol. The number of β-amino-alcohol motifs (C(OH)–C–C–N with tert-alkyl or cyclic N) is 2. The molecular formula is C16H21NO3S. The maximum Gasteiger partial charge on any atom is 0.0938 e. The molecule has 0 aliphatic carbocycles. The third-order valence-corrected chi connectivity index (χ3v) is 4.84. The third kappa shape index (κ3) is 3.81. The van der Waals surface area contributed by atoms with Crippen LogP contribution in [0.1, 0.15) is 5.56 Å². The van der Waals surface area contributed by atoms with Gasteiger partial charge in [0.2, 0.25) is 0 Å². The van der Waals surface area contributed by atoms with Crippen molar-refractivity contribution in [1.29, 1.82) is 0 Å². The van der Waals surface area contributed by atoms with E-state index in [9.17, 15) is 10.2 Å². The molecule has 1 fully saturated rings. The normalized spacial score (nSPS) is 23.1. The quantitative estimate of drug-likeness (QED) is 0.794. The minimum atomic E-state index is -0.609. The molecule has 21 heavy (non-hydrogen) atoms. The van der Waals surface area contributed by atoms with Gasteiger partial charge in [-0.1, -0.05) is 12.1 Å². The Bertz CT molecular complexity index is 576. The first-order valence-corrected chi connectivity index (χ1v) is 8.23. The highest BCUT2D eigenvalue weighted by Gasteiger charge is 2.28. The SMILES string of the molecule is OC1CN(CCOCCc2ccc3sccc3c2)CC1O. The van der Waals surface area contributed by atoms with Crippen LogP contribution in [-0.4, -0.2) is 60.2 Å². The molecule has 1 aromatic carbocycles. The lowest BCUT2D eigenvalue weighted by Crippen LogP contribution is -2.26. The number of hydrogen-bond acceptors (Lipinski definition) is 5. The van der Waals surface area contributed by atoms with E-state index in [2.05, 4.69) is 29.6 Å². The van der Waals surface area contributed by atoms with E-state index in [1.165, 1.54) is 15.6 Å². The fourth-order valence-corrected chi connectivity index (χ4v) is 3.46. The fourth-order valence-electron chi connectivity index (χ4n) is 2.69. The largest absolute Gasteiger partial charge is 0.389 e. The molecule has 4 nitrogen and oxygen atoms in total. The second kappa shape index (κ2) is 6.85. The monoisotopic (exact) mass is 307 g/mol. The van der Waals surface area contributed by atoms with Crippen molar-refractivity contribution in [2.24, 2.45) is 0 Å². The summed E-state index contributed by atoms with van der Waals surface area (Å²) in [5.41, 5.74) is 1.30. The zero-order valence-electron chi connectivity index (χ0n) is 11.9. The number of nitrogens with zero attached hydrogens (tertiary/aromatic N) is 1. The maximum atomic E-state index is 9.46. The molecule has 2 aromatic rings. The predicted molar refractivity (Wildman–Crippen MR) is 84.8 cm³/mol. The van der Waals surface area contributed by atoms with Crippen LogP contribution < -0.4 is 0 Å². The Kier molecular flexibility index (Phi) is 4.87. The molecule has 1 saturated heterocycles. The van der Waals surface area contributed by atoms with Gasteiger partial charge in [0, 0.05) is 24.3 Å². The summed E-state index contributed by atoms with van der Waals surface area (Å²) in [4.78, 5) is 2.03. The number of rotatable bonds is 6. The van der Waals surface area contributed by atoms with E-state index in [0.29, 0.717) is 26.3 Å². The summed E-state index contributed by atoms with van der Waals surface area (Å²) in [6.45, 7) is 3.19. The van der Waals surface area contributed by atoms with Crippen LogP contribution in [0.25, 0.3) is 10.1 Å². The van der Waals surface area contributed by atoms with Crippen LogP contribution >= 0.6 is 11.3 Å². The summed E-state index contributed by atoms with van der Waals surface area (Å²) in [5, 5.41) is 22.3. The van der Waals surface area contributed by atoms with Crippen LogP contribution in [-0.2, 0) is 11.2 Å². The van der Waals surface area contributed by atoms with Crippen LogP contribution in [0.5, 0.6) is 0 Å². The van der Waals surface area contributed by atoms with E-state index >= 15 is 0 Å². The molecule has 0 amide bonds. The highest BCUT2D eigenvalue weighted by Crippen LogP contribution is 2.21. The minimum Gasteiger partial charge on any atom is -0.389 e. The molecule has 0 spiro atoms. The second-order valence-corrected chi connectivity index (χ2v) is 6.50. The summed E-state index contributed by atoms with van der Waals surface area (Å²) < 4.78 is 6.99. The lowest BCUT2D eigenvalue weighted by molar-refractivity contribution is 0.0572. The molecule has 3 rings (SSSR count). The van der Waals surface area contributed by atoms with E-state index in [4.69, 9.17) is 4.74 Å². The first-order chi connectivity index (χ1) is 10.2. The molecule has 1 aliphatic heterocycles. The van der Waals surface area contributed by atoms with Crippen molar-refractivity contribution in [3.8, 4) is 0 Å². The van der Waals surface area contributed by atoms with Crippen molar-refractivity contribution >= 4 is 21.4 Å². The molecule has 2 heterocycles. The molecule has 1 aliphatic rings. The van der Waals surface area contributed by atoms with Crippen molar-refractivity contribution in [2.45, 2.75) is 18.6 Å². The second-order valence-electron chi connectivity index (χ2n) is 5.55. The number of likely N-dealkylation sites (tertiary alicyclic amines) is 1. The smallest absolute Gasteiger partial charge is 0.0938 e. The minimum absolute atomic E-state index is 0.541. The predicted octanol–water partition coefficient (Wildman–Crippen LogP) is 1.50. The molecule has 2 unspecified atom stereocenters. The summed E-state index contributed by atoms with van der Waals surface area (Å²) in [6.07, 6.45) is -0.304. The number of aliphatic hydroxyl groups excluding tert-OH is 2. The molecule has 5 heteroatoms. The molecule has 2 N–H and O–H groups in total. The van der Waals surface area contributed by atoms with Gasteiger partial charge in [0.25, 0.3) is 0 Å². The van der Waals surface area contributed by atoms with Gasteiger partial charge in [-0.25, -0.2) is 0 Å². The molecule has 114 valence electrons. The molecule has 0 saturated carbocycles. The highest BCUT2D eigenvalue weighted by atomic mass is 32.1. The number of hydrogen-bond donors (Lipinski definition) is 2. The van der Waals surface area contributed by atoms with Crippen LogP contribution in [0.2, 0.25) is 0 Å². The van der Waals surface area contributed by atoms with Gasteiger partial charge in [0.05, 0.1) is 25.4 Å². The zero-order chi connectivity index (χ0) is 14.7. The highest BCUT2D eigenvalue weighted by molar-refractivity contribution is 7.17. The summed E-state index contributed by atoms with van der Waals surface area (Å²) >= 11 is 1.76. The summed E-state index contributed by atoms with van der Waals surface area (Å²) in [6, 6.07) is 8.70. The number of aliphatic hydroxyl groups is 2. The van der Waals surface area contributed by atoms with Gasteiger partial charge in [-0.2, -0.15) is 0 Å². The van der Waals surface area contributed by atoms with Gasteiger partial charge in [-0.05, 0) is 34.9 Å². The third-order valence-electron chi connectivity index (χ3n) is 3.94. The first-order valence-electron chi connectivity index (χ1n) is 7.35. The van der Waals surface area contributed by atoms with Gasteiger partial charge in [-0.15, -0.1) is 11.3 Å². The average molecular weight is 307 g/mol. The van der Waals surface area contributed by atoms with Crippen LogP contribution in [0.3, 0.4) is 0 Å². The lowest BCUT2D eigenvalue weighted by atomic mass is 10.1. The number of fused-ring (bicyclic) bond motifs is 1. The Morgan fingerprint density at radius 2 is 1.95 bits per heavy atom. The Hall–Kier alpha value is -0.980. The maximum absolute atomic E-state index is 9.46. The van der Waals surface area contributed by atoms with Gasteiger partial charge in [-0.3, -0.25) is 4.90 Å². The number of ether oxygens (including phenoxy) is 1. The zero-order valence-corrected chi connectivity index (χ0v) is 12.8. The van der Waals surface area contributed by atoms with Gasteiger partial charge < -0.3 is 14.9 Å². The summed E-state index contributed by atoms with van der Waals surface area (Å²) in [7, 11) is 0. The Labute approximate surface area is 128 Å². The molecule has 2 atom stereocenters. The van der Waals surface area contributed by atoms with Crippen LogP contribution in [0.4, 0.5) is 0 Å². The van der Waals surface area contributed by atoms with Gasteiger partial charge >= 0.3 is 0 Å². The van der Waals surface area contributed by atoms with Gasteiger partial charge in [0.1, 0.15) is 0 Å². The number of benzene rings is 1. The van der Waals surface area contributed by atoms with Crippen molar-refractivity contribution in [3.05, 3.63) is 35.2 Å². The lowest BCUT2D eigenvalue weighted by Gasteiger charge is -2.14. The van der Waals surface area contributed by atoms with E-state index in [1.807, 2.05) is 4.90 Å². The first kappa shape index (κ1) is 14.9. The molecule has 0 bridgehead atoms. The van der Waals surface area contributed by atoms with E-state index in [0.717, 1.165) is 13.0 Å². The van der Waals surface area contributed by atoms with Crippen molar-refractivity contribution in [2.75, 3.05) is 32.8 Å². The Morgan fingerprint density at radius 3 is 2.76 bits per heavy atom. The van der Waals surface area contributed by atoms with E-state index in [1.54, 1.807) is 11.3 Å². The average Bonchev–Trinajstić information content (AvgIpc) is 3.05. The standard InChI is InChI=1S/C16H21NO3S/c18-14-10-17(11-15(14)19)5-7-20-6-3-12-1-2-16-13(9-12)4-8-21-16/h1-2,4,8-9,14-15,18-19H,3,5-7,10-11H2.